The van der Waals surface area contributed by atoms with Gasteiger partial charge in [0.25, 0.3) is 11.8 Å². The number of imide groups is 1. The van der Waals surface area contributed by atoms with Gasteiger partial charge in [-0.05, 0) is 86.8 Å². The molecule has 0 spiro atoms. The molecule has 88 heavy (non-hydrogen) atoms. The normalized spacial score (nSPS) is 17.3. The number of anilines is 1. The van der Waals surface area contributed by atoms with Gasteiger partial charge >= 0.3 is 18.1 Å². The number of nitrogens with zero attached hydrogens (tertiary/aromatic N) is 4. The molecule has 2 heterocycles. The Labute approximate surface area is 520 Å². The number of carbonyl (C=O) groups is 12. The second-order valence-electron chi connectivity index (χ2n) is 24.8. The molecule has 2 saturated heterocycles. The van der Waals surface area contributed by atoms with Crippen LogP contribution in [-0.2, 0) is 73.6 Å². The fourth-order valence-corrected chi connectivity index (χ4v) is 11.8. The van der Waals surface area contributed by atoms with Crippen LogP contribution in [0.5, 0.6) is 0 Å². The molecule has 2 fully saturated rings. The van der Waals surface area contributed by atoms with Gasteiger partial charge in [0.15, 0.2) is 11.6 Å². The highest BCUT2D eigenvalue weighted by Gasteiger charge is 2.44. The summed E-state index contributed by atoms with van der Waals surface area (Å²) in [6.07, 6.45) is 2.47. The zero-order chi connectivity index (χ0) is 66.1. The van der Waals surface area contributed by atoms with Gasteiger partial charge in [-0.15, -0.1) is 5.06 Å². The Morgan fingerprint density at radius 3 is 1.92 bits per heavy atom. The fraction of sp³-hybridized carbons (Fsp3) is 0.719. The van der Waals surface area contributed by atoms with Gasteiger partial charge in [-0.2, -0.15) is 0 Å². The van der Waals surface area contributed by atoms with E-state index in [0.29, 0.717) is 67.8 Å². The van der Waals surface area contributed by atoms with Crippen LogP contribution in [0.1, 0.15) is 178 Å². The topological polar surface area (TPSA) is 317 Å². The van der Waals surface area contributed by atoms with Crippen molar-refractivity contribution in [1.82, 2.24) is 30.4 Å². The van der Waals surface area contributed by atoms with Crippen LogP contribution >= 0.6 is 0 Å². The number of methoxy groups -OCH3 is 2. The molecule has 24 nitrogen and oxygen atoms in total. The number of hydrogen-bond acceptors (Lipinski definition) is 16. The predicted molar refractivity (Wildman–Crippen MR) is 328 cm³/mol. The van der Waals surface area contributed by atoms with Crippen molar-refractivity contribution < 1.29 is 76.6 Å². The van der Waals surface area contributed by atoms with Crippen molar-refractivity contribution in [2.45, 2.75) is 215 Å². The smallest absolute Gasteiger partial charge is 0.410 e. The molecule has 0 aromatic heterocycles. The van der Waals surface area contributed by atoms with Crippen LogP contribution < -0.4 is 21.7 Å². The number of ketones is 3. The Morgan fingerprint density at radius 1 is 0.750 bits per heavy atom. The predicted octanol–water partition coefficient (Wildman–Crippen LogP) is 7.07. The first-order valence-electron chi connectivity index (χ1n) is 31.4. The van der Waals surface area contributed by atoms with Crippen LogP contribution in [0.3, 0.4) is 0 Å². The van der Waals surface area contributed by atoms with Crippen LogP contribution in [0.25, 0.3) is 0 Å². The minimum absolute atomic E-state index is 0.00274. The van der Waals surface area contributed by atoms with Gasteiger partial charge in [-0.1, -0.05) is 93.7 Å². The van der Waals surface area contributed by atoms with E-state index in [0.717, 1.165) is 6.42 Å². The highest BCUT2D eigenvalue weighted by Crippen LogP contribution is 2.32. The Morgan fingerprint density at radius 2 is 1.38 bits per heavy atom. The molecular weight excluding hydrogens is 1140 g/mol. The van der Waals surface area contributed by atoms with E-state index in [1.807, 2.05) is 48.5 Å². The number of primary amides is 1. The molecule has 3 rings (SSSR count). The summed E-state index contributed by atoms with van der Waals surface area (Å²) in [5.41, 5.74) is 6.19. The summed E-state index contributed by atoms with van der Waals surface area (Å²) >= 11 is 0. The number of benzene rings is 1. The van der Waals surface area contributed by atoms with E-state index < -0.39 is 83.9 Å². The maximum Gasteiger partial charge on any atom is 0.410 e. The second-order valence-corrected chi connectivity index (χ2v) is 24.8. The van der Waals surface area contributed by atoms with Crippen molar-refractivity contribution >= 4 is 76.6 Å². The van der Waals surface area contributed by atoms with E-state index >= 15 is 0 Å². The van der Waals surface area contributed by atoms with Gasteiger partial charge in [0.05, 0.1) is 42.8 Å². The number of hydrogen-bond donors (Lipinski definition) is 4. The van der Waals surface area contributed by atoms with E-state index in [1.165, 1.54) is 26.0 Å². The highest BCUT2D eigenvalue weighted by molar-refractivity contribution is 6.01. The van der Waals surface area contributed by atoms with Crippen molar-refractivity contribution in [3.63, 3.8) is 0 Å². The molecule has 5 N–H and O–H groups in total. The van der Waals surface area contributed by atoms with E-state index in [1.54, 1.807) is 62.1 Å². The average molecular weight is 1240 g/mol. The SMILES string of the molecule is CC[C@H](C)C([C@@H](CC(=O)N1CCC[C@H]1[C@H](OC)[C@@H](C)C(C)=O)OC)N(C)C(=O)[C@@H](CC(=O)[C@H](C(C)C)N(C)C(=O)OCc1ccc(NC(=O)[C@H](CCCNC(N)=O)CC(=O)C(NC(=O)CCCCCCC(=O)ON2C(=O)CCC2=O)C(C)C)cc1)C(C)C. The number of ether oxygens (including phenoxy) is 3. The van der Waals surface area contributed by atoms with Gasteiger partial charge in [0, 0.05) is 103 Å². The third kappa shape index (κ3) is 23.0. The van der Waals surface area contributed by atoms with Gasteiger partial charge in [0.1, 0.15) is 12.4 Å². The molecule has 10 atom stereocenters. The molecule has 2 aliphatic heterocycles. The molecular formula is C64H102N8O16. The maximum atomic E-state index is 14.7. The number of nitrogens with two attached hydrogens (primary N) is 1. The van der Waals surface area contributed by atoms with Crippen LogP contribution in [0, 0.1) is 41.4 Å². The summed E-state index contributed by atoms with van der Waals surface area (Å²) in [5, 5.41) is 8.68. The number of hydroxylamine groups is 2. The molecule has 0 radical (unpaired) electrons. The number of unbranched alkanes of at least 4 members (excludes halogenated alkanes) is 3. The number of rotatable bonds is 39. The molecule has 2 aliphatic rings. The van der Waals surface area contributed by atoms with Crippen molar-refractivity contribution in [1.29, 1.82) is 0 Å². The number of carbonyl (C=O) groups excluding carboxylic acids is 12. The Bertz CT molecular complexity index is 2530. The lowest BCUT2D eigenvalue weighted by Gasteiger charge is -2.41. The van der Waals surface area contributed by atoms with E-state index in [4.69, 9.17) is 24.8 Å². The lowest BCUT2D eigenvalue weighted by Crippen LogP contribution is -2.54. The molecule has 1 aromatic rings. The molecule has 0 bridgehead atoms. The molecule has 0 aliphatic carbocycles. The summed E-state index contributed by atoms with van der Waals surface area (Å²) in [7, 11) is 6.25. The quantitative estimate of drug-likeness (QED) is 0.0378. The van der Waals surface area contributed by atoms with Crippen LogP contribution in [-0.4, -0.2) is 168 Å². The first kappa shape index (κ1) is 75.4. The molecule has 1 aromatic carbocycles. The zero-order valence-corrected chi connectivity index (χ0v) is 54.6. The number of Topliss-reactive ketones (excluding diaryl/α,β-unsaturated/α-hetero) is 3. The van der Waals surface area contributed by atoms with E-state index in [-0.39, 0.29) is 129 Å². The Hall–Kier alpha value is -6.82. The van der Waals surface area contributed by atoms with Gasteiger partial charge in [-0.3, -0.25) is 43.2 Å². The minimum Gasteiger partial charge on any atom is -0.445 e. The van der Waals surface area contributed by atoms with Crippen LogP contribution in [0.2, 0.25) is 0 Å². The molecule has 2 unspecified atom stereocenters. The van der Waals surface area contributed by atoms with Gasteiger partial charge in [-0.25, -0.2) is 14.4 Å². The van der Waals surface area contributed by atoms with Crippen LogP contribution in [0.15, 0.2) is 24.3 Å². The lowest BCUT2D eigenvalue weighted by molar-refractivity contribution is -0.197. The highest BCUT2D eigenvalue weighted by atomic mass is 16.7. The number of urea groups is 1. The van der Waals surface area contributed by atoms with E-state index in [9.17, 15) is 57.5 Å². The summed E-state index contributed by atoms with van der Waals surface area (Å²) in [6.45, 7) is 18.7. The number of likely N-dealkylation sites (tertiary alicyclic amines) is 1. The zero-order valence-electron chi connectivity index (χ0n) is 54.6. The summed E-state index contributed by atoms with van der Waals surface area (Å²) in [4.78, 5) is 167. The minimum atomic E-state index is -0.952. The standard InChI is InChI=1S/C64H102N8O16/c1-15-41(8)59(51(85-13)36-55(79)71-33-21-23-48(71)60(86-14)42(9)43(10)73)69(11)62(82)47(38(2)3)35-50(75)58(40(6)7)70(12)64(84)87-37-44-26-28-46(29-27-44)67-61(81)45(22-20-32-66-63(65)83)34-49(74)57(39(4)5)68-52(76)24-18-16-17-19-25-56(80)88-72-53(77)30-31-54(72)78/h26-29,38-42,45,47-48,51,57-60H,15-25,30-37H2,1-14H3,(H,67,81)(H,68,76)(H3,65,66,83)/t41-,42-,45+,47-,48-,51+,57?,58-,59?,60+/m0/s1. The van der Waals surface area contributed by atoms with Crippen molar-refractivity contribution in [2.75, 3.05) is 46.7 Å². The summed E-state index contributed by atoms with van der Waals surface area (Å²) < 4.78 is 17.5. The summed E-state index contributed by atoms with van der Waals surface area (Å²) in [6, 6.07) is 3.10. The van der Waals surface area contributed by atoms with Gasteiger partial charge < -0.3 is 55.4 Å². The molecule has 494 valence electrons. The van der Waals surface area contributed by atoms with Crippen molar-refractivity contribution in [2.24, 2.45) is 47.2 Å². The largest absolute Gasteiger partial charge is 0.445 e. The fourth-order valence-electron chi connectivity index (χ4n) is 11.8. The number of nitrogens with one attached hydrogen (secondary N) is 3. The van der Waals surface area contributed by atoms with Crippen molar-refractivity contribution in [3.8, 4) is 0 Å². The molecule has 0 saturated carbocycles. The van der Waals surface area contributed by atoms with Gasteiger partial charge in [0.2, 0.25) is 23.6 Å². The van der Waals surface area contributed by atoms with Crippen LogP contribution in [0.4, 0.5) is 15.3 Å². The van der Waals surface area contributed by atoms with Crippen molar-refractivity contribution in [3.05, 3.63) is 29.8 Å². The third-order valence-corrected chi connectivity index (χ3v) is 17.2. The molecule has 24 heteroatoms. The monoisotopic (exact) mass is 1240 g/mol. The van der Waals surface area contributed by atoms with E-state index in [2.05, 4.69) is 16.0 Å². The average Bonchev–Trinajstić information content (AvgIpc) is 2.05. The first-order chi connectivity index (χ1) is 41.5. The Balaban J connectivity index is 1.64. The Kier molecular flexibility index (Phi) is 31.9. The number of likely N-dealkylation sites (N-methyl/N-ethyl adjacent to an activating group) is 2. The lowest BCUT2D eigenvalue weighted by atomic mass is 9.83. The third-order valence-electron chi connectivity index (χ3n) is 17.2. The number of amides is 9. The molecule has 9 amide bonds. The summed E-state index contributed by atoms with van der Waals surface area (Å²) in [5.74, 6) is -6.91. The maximum absolute atomic E-state index is 14.7. The second kappa shape index (κ2) is 37.2. The first-order valence-corrected chi connectivity index (χ1v) is 31.4.